The van der Waals surface area contributed by atoms with E-state index in [2.05, 4.69) is 27.0 Å². The number of pyridine rings is 1. The van der Waals surface area contributed by atoms with Crippen molar-refractivity contribution >= 4 is 39.7 Å². The molecule has 172 valence electrons. The normalized spacial score (nSPS) is 23.1. The Hall–Kier alpha value is -2.97. The van der Waals surface area contributed by atoms with Crippen molar-refractivity contribution in [2.75, 3.05) is 25.5 Å². The van der Waals surface area contributed by atoms with Crippen molar-refractivity contribution in [3.05, 3.63) is 58.4 Å². The molecule has 1 aromatic carbocycles. The van der Waals surface area contributed by atoms with Crippen LogP contribution in [0.3, 0.4) is 0 Å². The topological polar surface area (TPSA) is 86.4 Å². The van der Waals surface area contributed by atoms with Crippen molar-refractivity contribution in [3.63, 3.8) is 0 Å². The van der Waals surface area contributed by atoms with E-state index in [4.69, 9.17) is 0 Å². The van der Waals surface area contributed by atoms with Gasteiger partial charge in [-0.15, -0.1) is 11.3 Å². The molecule has 1 aliphatic heterocycles. The summed E-state index contributed by atoms with van der Waals surface area (Å²) in [5.74, 6) is 0.139. The highest BCUT2D eigenvalue weighted by Crippen LogP contribution is 2.32. The van der Waals surface area contributed by atoms with E-state index in [0.717, 1.165) is 60.9 Å². The fourth-order valence-corrected chi connectivity index (χ4v) is 5.80. The molecule has 2 fully saturated rings. The molecule has 0 radical (unpaired) electrons. The van der Waals surface area contributed by atoms with Gasteiger partial charge >= 0.3 is 0 Å². The molecule has 1 aliphatic carbocycles. The fraction of sp³-hybridized carbons (Fsp3) is 0.400. The Morgan fingerprint density at radius 3 is 2.91 bits per heavy atom. The molecule has 33 heavy (non-hydrogen) atoms. The van der Waals surface area contributed by atoms with Gasteiger partial charge in [-0.1, -0.05) is 18.2 Å². The maximum atomic E-state index is 13.1. The number of para-hydroxylation sites is 1. The molecule has 8 heteroatoms. The number of hydrogen-bond acceptors (Lipinski definition) is 6. The quantitative estimate of drug-likeness (QED) is 0.540. The first-order valence-corrected chi connectivity index (χ1v) is 12.4. The number of anilines is 1. The third-order valence-corrected chi connectivity index (χ3v) is 7.83. The summed E-state index contributed by atoms with van der Waals surface area (Å²) in [5.41, 5.74) is 2.51. The van der Waals surface area contributed by atoms with E-state index in [9.17, 15) is 9.59 Å². The smallest absolute Gasteiger partial charge is 0.263 e. The number of benzene rings is 1. The summed E-state index contributed by atoms with van der Waals surface area (Å²) in [7, 11) is 1.87. The number of hydrogen-bond donors (Lipinski definition) is 3. The number of carbonyl (C=O) groups is 2. The Bertz CT molecular complexity index is 1160. The number of piperazine rings is 1. The van der Waals surface area contributed by atoms with E-state index in [1.165, 1.54) is 11.3 Å². The molecule has 3 N–H and O–H groups in total. The lowest BCUT2D eigenvalue weighted by atomic mass is 9.77. The lowest BCUT2D eigenvalue weighted by molar-refractivity contribution is -0.141. The molecule has 1 spiro atoms. The van der Waals surface area contributed by atoms with Gasteiger partial charge in [-0.2, -0.15) is 0 Å². The fourth-order valence-electron chi connectivity index (χ4n) is 5.03. The van der Waals surface area contributed by atoms with Crippen LogP contribution in [0.15, 0.2) is 48.0 Å². The van der Waals surface area contributed by atoms with E-state index < -0.39 is 5.54 Å². The van der Waals surface area contributed by atoms with Crippen molar-refractivity contribution in [2.24, 2.45) is 0 Å². The Kier molecular flexibility index (Phi) is 6.03. The zero-order valence-corrected chi connectivity index (χ0v) is 19.6. The molecule has 2 aromatic heterocycles. The molecule has 2 aliphatic rings. The zero-order chi connectivity index (χ0) is 22.8. The summed E-state index contributed by atoms with van der Waals surface area (Å²) in [4.78, 5) is 32.7. The summed E-state index contributed by atoms with van der Waals surface area (Å²) >= 11 is 1.45. The third kappa shape index (κ3) is 4.32. The summed E-state index contributed by atoms with van der Waals surface area (Å²) in [6.45, 7) is 2.20. The van der Waals surface area contributed by atoms with Gasteiger partial charge in [0.1, 0.15) is 4.88 Å². The van der Waals surface area contributed by atoms with Gasteiger partial charge in [0.25, 0.3) is 5.91 Å². The second-order valence-electron chi connectivity index (χ2n) is 8.99. The molecule has 3 heterocycles. The lowest BCUT2D eigenvalue weighted by Crippen LogP contribution is -2.65. The number of carbonyl (C=O) groups excluding carboxylic acids is 2. The van der Waals surface area contributed by atoms with Crippen LogP contribution >= 0.6 is 11.3 Å². The number of amides is 2. The Labute approximate surface area is 197 Å². The van der Waals surface area contributed by atoms with Crippen LogP contribution in [0.5, 0.6) is 0 Å². The number of nitrogens with one attached hydrogen (secondary N) is 3. The number of fused-ring (bicyclic) bond motifs is 1. The van der Waals surface area contributed by atoms with E-state index >= 15 is 0 Å². The predicted octanol–water partition coefficient (Wildman–Crippen LogP) is 3.38. The van der Waals surface area contributed by atoms with E-state index in [-0.39, 0.29) is 17.9 Å². The maximum absolute atomic E-state index is 13.1. The summed E-state index contributed by atoms with van der Waals surface area (Å²) in [6.07, 6.45) is 4.93. The molecular weight excluding hydrogens is 434 g/mol. The van der Waals surface area contributed by atoms with E-state index in [1.54, 1.807) is 0 Å². The first-order chi connectivity index (χ1) is 16.1. The van der Waals surface area contributed by atoms with Gasteiger partial charge in [-0.25, -0.2) is 0 Å². The SMILES string of the molecule is CN1CCNC2(CCC(NC(=O)c3sccc3NCc3ccnc4ccccc34)CC2)C1=O. The van der Waals surface area contributed by atoms with Crippen molar-refractivity contribution in [1.29, 1.82) is 0 Å². The van der Waals surface area contributed by atoms with Crippen LogP contribution in [0.1, 0.15) is 40.9 Å². The Morgan fingerprint density at radius 2 is 2.06 bits per heavy atom. The zero-order valence-electron chi connectivity index (χ0n) is 18.8. The lowest BCUT2D eigenvalue weighted by Gasteiger charge is -2.45. The van der Waals surface area contributed by atoms with Gasteiger partial charge in [0.05, 0.1) is 16.7 Å². The summed E-state index contributed by atoms with van der Waals surface area (Å²) < 4.78 is 0. The number of aromatic nitrogens is 1. The standard InChI is InChI=1S/C25H29N5O2S/c1-30-14-13-28-25(24(30)32)10-6-18(7-11-25)29-23(31)22-21(9-15-33-22)27-16-17-8-12-26-20-5-3-2-4-19(17)20/h2-5,8-9,12,15,18,27-28H,6-7,10-11,13-14,16H2,1H3,(H,29,31). The van der Waals surface area contributed by atoms with Crippen LogP contribution in [0.4, 0.5) is 5.69 Å². The minimum Gasteiger partial charge on any atom is -0.380 e. The van der Waals surface area contributed by atoms with E-state index in [1.807, 2.05) is 53.9 Å². The molecule has 5 rings (SSSR count). The Morgan fingerprint density at radius 1 is 1.24 bits per heavy atom. The predicted molar refractivity (Wildman–Crippen MR) is 131 cm³/mol. The molecule has 2 amide bonds. The molecular formula is C25H29N5O2S. The summed E-state index contributed by atoms with van der Waals surface area (Å²) in [5, 5.41) is 13.2. The third-order valence-electron chi connectivity index (χ3n) is 6.92. The molecule has 1 saturated carbocycles. The van der Waals surface area contributed by atoms with Gasteiger partial charge in [-0.05, 0) is 54.8 Å². The van der Waals surface area contributed by atoms with Crippen molar-refractivity contribution in [2.45, 2.75) is 43.8 Å². The van der Waals surface area contributed by atoms with Crippen LogP contribution in [0.25, 0.3) is 10.9 Å². The van der Waals surface area contributed by atoms with Gasteiger partial charge in [-0.3, -0.25) is 14.6 Å². The van der Waals surface area contributed by atoms with Gasteiger partial charge < -0.3 is 20.9 Å². The Balaban J connectivity index is 1.21. The highest BCUT2D eigenvalue weighted by Gasteiger charge is 2.45. The molecule has 1 saturated heterocycles. The van der Waals surface area contributed by atoms with Crippen LogP contribution in [0.2, 0.25) is 0 Å². The van der Waals surface area contributed by atoms with Gasteiger partial charge in [0, 0.05) is 44.3 Å². The average molecular weight is 464 g/mol. The van der Waals surface area contributed by atoms with E-state index in [0.29, 0.717) is 11.4 Å². The van der Waals surface area contributed by atoms with Crippen LogP contribution in [0, 0.1) is 0 Å². The summed E-state index contributed by atoms with van der Waals surface area (Å²) in [6, 6.07) is 12.1. The number of thiophene rings is 1. The van der Waals surface area contributed by atoms with Gasteiger partial charge in [0.2, 0.25) is 5.91 Å². The highest BCUT2D eigenvalue weighted by atomic mass is 32.1. The minimum absolute atomic E-state index is 0.0481. The number of rotatable bonds is 5. The van der Waals surface area contributed by atoms with Crippen molar-refractivity contribution < 1.29 is 9.59 Å². The second-order valence-corrected chi connectivity index (χ2v) is 9.90. The first-order valence-electron chi connectivity index (χ1n) is 11.5. The molecule has 3 aromatic rings. The van der Waals surface area contributed by atoms with Crippen LogP contribution in [-0.4, -0.2) is 53.4 Å². The minimum atomic E-state index is -0.447. The highest BCUT2D eigenvalue weighted by molar-refractivity contribution is 7.12. The number of likely N-dealkylation sites (N-methyl/N-ethyl adjacent to an activating group) is 1. The van der Waals surface area contributed by atoms with Gasteiger partial charge in [0.15, 0.2) is 0 Å². The van der Waals surface area contributed by atoms with Crippen molar-refractivity contribution in [3.8, 4) is 0 Å². The first kappa shape index (κ1) is 21.9. The molecule has 0 bridgehead atoms. The number of nitrogens with zero attached hydrogens (tertiary/aromatic N) is 2. The maximum Gasteiger partial charge on any atom is 0.263 e. The molecule has 0 unspecified atom stereocenters. The molecule has 0 atom stereocenters. The van der Waals surface area contributed by atoms with Crippen LogP contribution in [-0.2, 0) is 11.3 Å². The largest absolute Gasteiger partial charge is 0.380 e. The second kappa shape index (κ2) is 9.11. The average Bonchev–Trinajstić information content (AvgIpc) is 3.31. The monoisotopic (exact) mass is 463 g/mol. The van der Waals surface area contributed by atoms with Crippen LogP contribution < -0.4 is 16.0 Å². The molecule has 7 nitrogen and oxygen atoms in total. The van der Waals surface area contributed by atoms with Crippen molar-refractivity contribution in [1.82, 2.24) is 20.5 Å².